The molecule has 1 aliphatic carbocycles. The van der Waals surface area contributed by atoms with E-state index in [1.165, 1.54) is 56.9 Å². The van der Waals surface area contributed by atoms with E-state index in [0.717, 1.165) is 18.2 Å². The summed E-state index contributed by atoms with van der Waals surface area (Å²) in [7, 11) is 0. The molecule has 2 nitrogen and oxygen atoms in total. The molecule has 1 aliphatic rings. The second kappa shape index (κ2) is 7.62. The summed E-state index contributed by atoms with van der Waals surface area (Å²) < 4.78 is 0. The minimum Gasteiger partial charge on any atom is -0.241 e. The zero-order valence-corrected chi connectivity index (χ0v) is 12.6. The van der Waals surface area contributed by atoms with E-state index in [2.05, 4.69) is 36.2 Å². The van der Waals surface area contributed by atoms with E-state index in [1.807, 2.05) is 0 Å². The van der Waals surface area contributed by atoms with Crippen molar-refractivity contribution in [2.45, 2.75) is 77.6 Å². The van der Waals surface area contributed by atoms with E-state index < -0.39 is 0 Å². The van der Waals surface area contributed by atoms with Crippen LogP contribution in [0.25, 0.3) is 0 Å². The van der Waals surface area contributed by atoms with Gasteiger partial charge in [-0.25, -0.2) is 9.97 Å². The lowest BCUT2D eigenvalue weighted by atomic mass is 9.80. The van der Waals surface area contributed by atoms with Crippen molar-refractivity contribution in [2.75, 3.05) is 0 Å². The molecule has 2 heteroatoms. The summed E-state index contributed by atoms with van der Waals surface area (Å²) in [6.07, 6.45) is 15.7. The van der Waals surface area contributed by atoms with Crippen LogP contribution in [0.15, 0.2) is 12.4 Å². The van der Waals surface area contributed by atoms with Crippen LogP contribution in [0.2, 0.25) is 0 Å². The minimum absolute atomic E-state index is 0.618. The summed E-state index contributed by atoms with van der Waals surface area (Å²) in [4.78, 5) is 9.24. The third kappa shape index (κ3) is 4.29. The van der Waals surface area contributed by atoms with Crippen molar-refractivity contribution in [3.05, 3.63) is 23.8 Å². The summed E-state index contributed by atoms with van der Waals surface area (Å²) in [5, 5.41) is 0. The van der Waals surface area contributed by atoms with Crippen molar-refractivity contribution in [3.8, 4) is 0 Å². The van der Waals surface area contributed by atoms with Gasteiger partial charge in [0.2, 0.25) is 0 Å². The molecule has 0 atom stereocenters. The second-order valence-corrected chi connectivity index (χ2v) is 6.03. The molecule has 0 bridgehead atoms. The van der Waals surface area contributed by atoms with Crippen LogP contribution in [0, 0.1) is 5.92 Å². The van der Waals surface area contributed by atoms with Crippen LogP contribution in [0.5, 0.6) is 0 Å². The maximum atomic E-state index is 4.62. The van der Waals surface area contributed by atoms with Gasteiger partial charge in [0.25, 0.3) is 0 Å². The quantitative estimate of drug-likeness (QED) is 0.680. The van der Waals surface area contributed by atoms with Crippen LogP contribution in [0.3, 0.4) is 0 Å². The number of nitrogens with zero attached hydrogens (tertiary/aromatic N) is 2. The van der Waals surface area contributed by atoms with Crippen molar-refractivity contribution in [1.29, 1.82) is 0 Å². The van der Waals surface area contributed by atoms with Gasteiger partial charge < -0.3 is 0 Å². The van der Waals surface area contributed by atoms with E-state index >= 15 is 0 Å². The van der Waals surface area contributed by atoms with Crippen molar-refractivity contribution in [1.82, 2.24) is 9.97 Å². The normalized spacial score (nSPS) is 23.5. The Morgan fingerprint density at radius 1 is 1.00 bits per heavy atom. The smallest absolute Gasteiger partial charge is 0.131 e. The lowest BCUT2D eigenvalue weighted by molar-refractivity contribution is 0.312. The molecule has 0 radical (unpaired) electrons. The average Bonchev–Trinajstić information content (AvgIpc) is 2.48. The van der Waals surface area contributed by atoms with E-state index in [0.29, 0.717) is 5.92 Å². The molecule has 0 N–H and O–H groups in total. The number of hydrogen-bond acceptors (Lipinski definition) is 2. The summed E-state index contributed by atoms with van der Waals surface area (Å²) in [5.41, 5.74) is 1.31. The third-order valence-electron chi connectivity index (χ3n) is 4.58. The second-order valence-electron chi connectivity index (χ2n) is 6.03. The van der Waals surface area contributed by atoms with Crippen LogP contribution < -0.4 is 0 Å². The van der Waals surface area contributed by atoms with Crippen molar-refractivity contribution in [3.63, 3.8) is 0 Å². The van der Waals surface area contributed by atoms with Gasteiger partial charge in [0.05, 0.1) is 0 Å². The van der Waals surface area contributed by atoms with E-state index in [1.54, 1.807) is 0 Å². The van der Waals surface area contributed by atoms with Gasteiger partial charge in [-0.3, -0.25) is 0 Å². The first-order valence-corrected chi connectivity index (χ1v) is 8.14. The minimum atomic E-state index is 0.618. The molecule has 1 fully saturated rings. The number of unbranched alkanes of at least 4 members (excludes halogenated alkanes) is 2. The SMILES string of the molecule is CCCCCc1cnc(C2CCC(CC)CC2)nc1. The third-order valence-corrected chi connectivity index (χ3v) is 4.58. The van der Waals surface area contributed by atoms with E-state index in [-0.39, 0.29) is 0 Å². The summed E-state index contributed by atoms with van der Waals surface area (Å²) >= 11 is 0. The Kier molecular flexibility index (Phi) is 5.81. The molecular weight excluding hydrogens is 232 g/mol. The van der Waals surface area contributed by atoms with Crippen LogP contribution in [-0.2, 0) is 6.42 Å². The van der Waals surface area contributed by atoms with Crippen molar-refractivity contribution >= 4 is 0 Å². The molecule has 0 spiro atoms. The fourth-order valence-corrected chi connectivity index (χ4v) is 3.11. The lowest BCUT2D eigenvalue weighted by Gasteiger charge is -2.26. The van der Waals surface area contributed by atoms with Crippen LogP contribution in [0.4, 0.5) is 0 Å². The Balaban J connectivity index is 1.84. The van der Waals surface area contributed by atoms with Gasteiger partial charge in [-0.15, -0.1) is 0 Å². The van der Waals surface area contributed by atoms with Gasteiger partial charge in [0, 0.05) is 18.3 Å². The first-order valence-electron chi connectivity index (χ1n) is 8.14. The van der Waals surface area contributed by atoms with Gasteiger partial charge in [0.15, 0.2) is 0 Å². The molecule has 1 aromatic rings. The molecule has 0 aliphatic heterocycles. The standard InChI is InChI=1S/C17H28N2/c1-3-5-6-7-15-12-18-17(19-13-15)16-10-8-14(4-2)9-11-16/h12-14,16H,3-11H2,1-2H3. The largest absolute Gasteiger partial charge is 0.241 e. The molecule has 2 rings (SSSR count). The van der Waals surface area contributed by atoms with E-state index in [9.17, 15) is 0 Å². The molecule has 0 aromatic carbocycles. The lowest BCUT2D eigenvalue weighted by Crippen LogP contribution is -2.14. The average molecular weight is 260 g/mol. The molecule has 0 saturated heterocycles. The Hall–Kier alpha value is -0.920. The molecule has 1 aromatic heterocycles. The fourth-order valence-electron chi connectivity index (χ4n) is 3.11. The van der Waals surface area contributed by atoms with Gasteiger partial charge in [-0.1, -0.05) is 33.1 Å². The van der Waals surface area contributed by atoms with Gasteiger partial charge >= 0.3 is 0 Å². The van der Waals surface area contributed by atoms with Crippen molar-refractivity contribution < 1.29 is 0 Å². The Morgan fingerprint density at radius 3 is 2.26 bits per heavy atom. The Morgan fingerprint density at radius 2 is 1.68 bits per heavy atom. The number of aromatic nitrogens is 2. The summed E-state index contributed by atoms with van der Waals surface area (Å²) in [6.45, 7) is 4.55. The van der Waals surface area contributed by atoms with Crippen LogP contribution >= 0.6 is 0 Å². The molecule has 0 unspecified atom stereocenters. The molecule has 1 heterocycles. The highest BCUT2D eigenvalue weighted by atomic mass is 14.9. The Bertz CT molecular complexity index is 350. The highest BCUT2D eigenvalue weighted by Gasteiger charge is 2.22. The van der Waals surface area contributed by atoms with Crippen LogP contribution in [-0.4, -0.2) is 9.97 Å². The molecular formula is C17H28N2. The molecule has 1 saturated carbocycles. The highest BCUT2D eigenvalue weighted by molar-refractivity contribution is 5.08. The highest BCUT2D eigenvalue weighted by Crippen LogP contribution is 2.35. The summed E-state index contributed by atoms with van der Waals surface area (Å²) in [5.74, 6) is 2.66. The van der Waals surface area contributed by atoms with Gasteiger partial charge in [-0.2, -0.15) is 0 Å². The maximum Gasteiger partial charge on any atom is 0.131 e. The first-order chi connectivity index (χ1) is 9.33. The zero-order valence-electron chi connectivity index (χ0n) is 12.6. The number of hydrogen-bond donors (Lipinski definition) is 0. The molecule has 106 valence electrons. The number of rotatable bonds is 6. The predicted molar refractivity (Wildman–Crippen MR) is 80.3 cm³/mol. The molecule has 0 amide bonds. The maximum absolute atomic E-state index is 4.62. The monoisotopic (exact) mass is 260 g/mol. The van der Waals surface area contributed by atoms with Gasteiger partial charge in [-0.05, 0) is 50.0 Å². The Labute approximate surface area is 118 Å². The fraction of sp³-hybridized carbons (Fsp3) is 0.765. The zero-order chi connectivity index (χ0) is 13.5. The van der Waals surface area contributed by atoms with Crippen molar-refractivity contribution in [2.24, 2.45) is 5.92 Å². The molecule has 19 heavy (non-hydrogen) atoms. The van der Waals surface area contributed by atoms with Crippen LogP contribution in [0.1, 0.15) is 82.5 Å². The predicted octanol–water partition coefficient (Wildman–Crippen LogP) is 4.89. The van der Waals surface area contributed by atoms with E-state index in [4.69, 9.17) is 0 Å². The number of aryl methyl sites for hydroxylation is 1. The first kappa shape index (κ1) is 14.5. The van der Waals surface area contributed by atoms with Gasteiger partial charge in [0.1, 0.15) is 5.82 Å². The summed E-state index contributed by atoms with van der Waals surface area (Å²) in [6, 6.07) is 0. The topological polar surface area (TPSA) is 25.8 Å².